The SMILES string of the molecule is CCc1cc(Br)cc2c1NC(=O)C2=Nc1ccc(Br)c(C)c1. The third-order valence-electron chi connectivity index (χ3n) is 3.66. The molecule has 0 atom stereocenters. The summed E-state index contributed by atoms with van der Waals surface area (Å²) in [6.45, 7) is 4.07. The van der Waals surface area contributed by atoms with E-state index in [1.165, 1.54) is 0 Å². The highest BCUT2D eigenvalue weighted by Gasteiger charge is 2.28. The smallest absolute Gasteiger partial charge is 0.275 e. The van der Waals surface area contributed by atoms with Crippen molar-refractivity contribution in [3.63, 3.8) is 0 Å². The fraction of sp³-hybridized carbons (Fsp3) is 0.176. The molecule has 22 heavy (non-hydrogen) atoms. The summed E-state index contributed by atoms with van der Waals surface area (Å²) in [6.07, 6.45) is 0.854. The molecular formula is C17H14Br2N2O. The average molecular weight is 422 g/mol. The number of hydrogen-bond donors (Lipinski definition) is 1. The van der Waals surface area contributed by atoms with Crippen molar-refractivity contribution < 1.29 is 4.79 Å². The number of rotatable bonds is 2. The largest absolute Gasteiger partial charge is 0.320 e. The summed E-state index contributed by atoms with van der Waals surface area (Å²) >= 11 is 6.98. The number of aliphatic imine (C=N–C) groups is 1. The summed E-state index contributed by atoms with van der Waals surface area (Å²) in [4.78, 5) is 16.9. The summed E-state index contributed by atoms with van der Waals surface area (Å²) in [5.74, 6) is -0.150. The van der Waals surface area contributed by atoms with Gasteiger partial charge >= 0.3 is 0 Å². The molecule has 0 spiro atoms. The van der Waals surface area contributed by atoms with Crippen LogP contribution in [0.3, 0.4) is 0 Å². The molecule has 0 unspecified atom stereocenters. The number of anilines is 1. The molecule has 0 saturated carbocycles. The molecule has 3 nitrogen and oxygen atoms in total. The molecule has 0 aromatic heterocycles. The van der Waals surface area contributed by atoms with E-state index in [9.17, 15) is 4.79 Å². The quantitative estimate of drug-likeness (QED) is 0.715. The predicted molar refractivity (Wildman–Crippen MR) is 97.2 cm³/mol. The number of hydrogen-bond acceptors (Lipinski definition) is 2. The van der Waals surface area contributed by atoms with Crippen LogP contribution >= 0.6 is 31.9 Å². The van der Waals surface area contributed by atoms with Gasteiger partial charge in [-0.05, 0) is 54.8 Å². The Bertz CT molecular complexity index is 813. The van der Waals surface area contributed by atoms with Crippen molar-refractivity contribution in [2.75, 3.05) is 5.32 Å². The van der Waals surface area contributed by atoms with Gasteiger partial charge in [0.15, 0.2) is 0 Å². The molecule has 1 N–H and O–H groups in total. The highest BCUT2D eigenvalue weighted by molar-refractivity contribution is 9.10. The summed E-state index contributed by atoms with van der Waals surface area (Å²) in [5, 5.41) is 2.94. The van der Waals surface area contributed by atoms with Gasteiger partial charge in [-0.25, -0.2) is 4.99 Å². The van der Waals surface area contributed by atoms with Gasteiger partial charge in [0.05, 0.1) is 11.4 Å². The Morgan fingerprint density at radius 2 is 1.95 bits per heavy atom. The van der Waals surface area contributed by atoms with Crippen molar-refractivity contribution in [2.45, 2.75) is 20.3 Å². The van der Waals surface area contributed by atoms with Gasteiger partial charge in [0.2, 0.25) is 0 Å². The Morgan fingerprint density at radius 1 is 1.18 bits per heavy atom. The first-order valence-electron chi connectivity index (χ1n) is 6.98. The second kappa shape index (κ2) is 5.97. The second-order valence-corrected chi connectivity index (χ2v) is 6.96. The van der Waals surface area contributed by atoms with Crippen LogP contribution in [0.15, 0.2) is 44.3 Å². The third-order valence-corrected chi connectivity index (χ3v) is 5.00. The number of carbonyl (C=O) groups excluding carboxylic acids is 1. The first-order chi connectivity index (χ1) is 10.5. The summed E-state index contributed by atoms with van der Waals surface area (Å²) in [6, 6.07) is 9.78. The minimum atomic E-state index is -0.150. The summed E-state index contributed by atoms with van der Waals surface area (Å²) < 4.78 is 1.99. The van der Waals surface area contributed by atoms with Gasteiger partial charge in [0, 0.05) is 14.5 Å². The van der Waals surface area contributed by atoms with Crippen molar-refractivity contribution in [2.24, 2.45) is 4.99 Å². The maximum atomic E-state index is 12.3. The maximum Gasteiger partial charge on any atom is 0.275 e. The molecule has 1 amide bonds. The number of halogens is 2. The number of benzene rings is 2. The summed E-state index contributed by atoms with van der Waals surface area (Å²) in [7, 11) is 0. The Hall–Kier alpha value is -1.46. The third kappa shape index (κ3) is 2.75. The van der Waals surface area contributed by atoms with Crippen molar-refractivity contribution in [3.8, 4) is 0 Å². The fourth-order valence-corrected chi connectivity index (χ4v) is 3.26. The molecule has 2 aromatic carbocycles. The second-order valence-electron chi connectivity index (χ2n) is 5.19. The number of carbonyl (C=O) groups is 1. The topological polar surface area (TPSA) is 41.5 Å². The number of amides is 1. The predicted octanol–water partition coefficient (Wildman–Crippen LogP) is 5.16. The Morgan fingerprint density at radius 3 is 2.64 bits per heavy atom. The van der Waals surface area contributed by atoms with Crippen LogP contribution in [0.2, 0.25) is 0 Å². The van der Waals surface area contributed by atoms with Crippen molar-refractivity contribution in [1.82, 2.24) is 0 Å². The zero-order chi connectivity index (χ0) is 15.9. The van der Waals surface area contributed by atoms with E-state index < -0.39 is 0 Å². The summed E-state index contributed by atoms with van der Waals surface area (Å²) in [5.41, 5.74) is 5.17. The number of aryl methyl sites for hydroxylation is 2. The Balaban J connectivity index is 2.13. The number of nitrogens with zero attached hydrogens (tertiary/aromatic N) is 1. The zero-order valence-corrected chi connectivity index (χ0v) is 15.4. The van der Waals surface area contributed by atoms with Crippen molar-refractivity contribution in [3.05, 3.63) is 56.0 Å². The monoisotopic (exact) mass is 420 g/mol. The molecule has 112 valence electrons. The molecule has 0 saturated heterocycles. The normalized spacial score (nSPS) is 15.1. The van der Waals surface area contributed by atoms with Crippen LogP contribution in [0, 0.1) is 6.92 Å². The molecule has 1 heterocycles. The highest BCUT2D eigenvalue weighted by Crippen LogP contribution is 2.33. The first-order valence-corrected chi connectivity index (χ1v) is 8.57. The van der Waals surface area contributed by atoms with E-state index in [0.717, 1.165) is 43.4 Å². The van der Waals surface area contributed by atoms with E-state index in [4.69, 9.17) is 0 Å². The molecule has 5 heteroatoms. The average Bonchev–Trinajstić information content (AvgIpc) is 2.78. The molecule has 0 aliphatic carbocycles. The Labute approximate surface area is 146 Å². The van der Waals surface area contributed by atoms with Gasteiger partial charge in [0.25, 0.3) is 5.91 Å². The van der Waals surface area contributed by atoms with E-state index in [-0.39, 0.29) is 5.91 Å². The standard InChI is InChI=1S/C17H14Br2N2O/c1-3-10-7-11(18)8-13-15(10)21-17(22)16(13)20-12-4-5-14(19)9(2)6-12/h4-8H,3H2,1-2H3,(H,20,21,22). The molecule has 0 radical (unpaired) electrons. The van der Waals surface area contributed by atoms with E-state index >= 15 is 0 Å². The molecule has 1 aliphatic heterocycles. The molecular weight excluding hydrogens is 408 g/mol. The number of nitrogens with one attached hydrogen (secondary N) is 1. The molecule has 2 aromatic rings. The minimum absolute atomic E-state index is 0.150. The van der Waals surface area contributed by atoms with Gasteiger partial charge in [-0.2, -0.15) is 0 Å². The van der Waals surface area contributed by atoms with Gasteiger partial charge in [-0.15, -0.1) is 0 Å². The zero-order valence-electron chi connectivity index (χ0n) is 12.2. The van der Waals surface area contributed by atoms with Gasteiger partial charge in [-0.1, -0.05) is 38.8 Å². The minimum Gasteiger partial charge on any atom is -0.320 e. The molecule has 1 aliphatic rings. The number of fused-ring (bicyclic) bond motifs is 1. The van der Waals surface area contributed by atoms with Crippen LogP contribution in [0.5, 0.6) is 0 Å². The van der Waals surface area contributed by atoms with Crippen LogP contribution in [-0.4, -0.2) is 11.6 Å². The molecule has 0 fully saturated rings. The lowest BCUT2D eigenvalue weighted by Gasteiger charge is -2.06. The van der Waals surface area contributed by atoms with Crippen LogP contribution in [0.25, 0.3) is 0 Å². The van der Waals surface area contributed by atoms with Gasteiger partial charge in [-0.3, -0.25) is 4.79 Å². The van der Waals surface area contributed by atoms with Crippen LogP contribution in [-0.2, 0) is 11.2 Å². The van der Waals surface area contributed by atoms with E-state index in [1.54, 1.807) is 0 Å². The fourth-order valence-electron chi connectivity index (χ4n) is 2.51. The van der Waals surface area contributed by atoms with Gasteiger partial charge < -0.3 is 5.32 Å². The highest BCUT2D eigenvalue weighted by atomic mass is 79.9. The van der Waals surface area contributed by atoms with Crippen molar-refractivity contribution in [1.29, 1.82) is 0 Å². The lowest BCUT2D eigenvalue weighted by atomic mass is 10.0. The van der Waals surface area contributed by atoms with E-state index in [1.807, 2.05) is 37.3 Å². The van der Waals surface area contributed by atoms with Crippen LogP contribution < -0.4 is 5.32 Å². The van der Waals surface area contributed by atoms with E-state index in [2.05, 4.69) is 49.1 Å². The van der Waals surface area contributed by atoms with Crippen LogP contribution in [0.1, 0.15) is 23.6 Å². The Kier molecular flexibility index (Phi) is 4.19. The van der Waals surface area contributed by atoms with Crippen molar-refractivity contribution >= 4 is 54.9 Å². The molecule has 3 rings (SSSR count). The van der Waals surface area contributed by atoms with E-state index in [0.29, 0.717) is 5.71 Å². The lowest BCUT2D eigenvalue weighted by molar-refractivity contribution is -0.110. The van der Waals surface area contributed by atoms with Gasteiger partial charge in [0.1, 0.15) is 5.71 Å². The maximum absolute atomic E-state index is 12.3. The first kappa shape index (κ1) is 15.4. The lowest BCUT2D eigenvalue weighted by Crippen LogP contribution is -2.14. The molecule has 0 bridgehead atoms. The van der Waals surface area contributed by atoms with Crippen LogP contribution in [0.4, 0.5) is 11.4 Å².